The van der Waals surface area contributed by atoms with Crippen LogP contribution in [0.3, 0.4) is 0 Å². The van der Waals surface area contributed by atoms with E-state index >= 15 is 0 Å². The minimum atomic E-state index is -0.212. The van der Waals surface area contributed by atoms with E-state index in [0.717, 1.165) is 5.69 Å². The first-order chi connectivity index (χ1) is 6.63. The number of amides is 1. The molecule has 5 heteroatoms. The fourth-order valence-corrected chi connectivity index (χ4v) is 1.19. The molecule has 1 aromatic rings. The Hall–Kier alpha value is -0.800. The van der Waals surface area contributed by atoms with Crippen LogP contribution in [-0.4, -0.2) is 16.8 Å². The highest BCUT2D eigenvalue weighted by Crippen LogP contribution is 2.12. The molecule has 0 spiro atoms. The van der Waals surface area contributed by atoms with E-state index in [1.807, 2.05) is 6.92 Å². The first-order valence-electron chi connectivity index (χ1n) is 4.10. The predicted octanol–water partition coefficient (Wildman–Crippen LogP) is 2.15. The summed E-state index contributed by atoms with van der Waals surface area (Å²) in [6.07, 6.45) is 1.54. The normalized spacial score (nSPS) is 12.2. The number of halogens is 2. The summed E-state index contributed by atoms with van der Waals surface area (Å²) in [6.45, 7) is 1.83. The summed E-state index contributed by atoms with van der Waals surface area (Å²) in [5.74, 6) is -0.256. The number of nitrogens with zero attached hydrogens (tertiary/aromatic N) is 1. The average Bonchev–Trinajstić information content (AvgIpc) is 2.18. The Morgan fingerprint density at radius 1 is 1.64 bits per heavy atom. The van der Waals surface area contributed by atoms with Gasteiger partial charge in [-0.3, -0.25) is 9.78 Å². The fraction of sp³-hybridized carbons (Fsp3) is 0.333. The quantitative estimate of drug-likeness (QED) is 0.812. The number of carbonyl (C=O) groups is 1. The summed E-state index contributed by atoms with van der Waals surface area (Å²) in [5.41, 5.74) is 0.757. The Morgan fingerprint density at radius 3 is 2.86 bits per heavy atom. The van der Waals surface area contributed by atoms with Crippen LogP contribution in [0.1, 0.15) is 18.7 Å². The molecule has 76 valence electrons. The van der Waals surface area contributed by atoms with Gasteiger partial charge in [-0.2, -0.15) is 0 Å². The fourth-order valence-electron chi connectivity index (χ4n) is 0.997. The molecule has 1 atom stereocenters. The van der Waals surface area contributed by atoms with Crippen molar-refractivity contribution >= 4 is 29.1 Å². The van der Waals surface area contributed by atoms with E-state index in [1.165, 1.54) is 0 Å². The molecule has 1 N–H and O–H groups in total. The molecule has 0 saturated carbocycles. The van der Waals surface area contributed by atoms with Crippen LogP contribution < -0.4 is 5.32 Å². The van der Waals surface area contributed by atoms with E-state index in [2.05, 4.69) is 10.3 Å². The first-order valence-corrected chi connectivity index (χ1v) is 5.01. The van der Waals surface area contributed by atoms with Gasteiger partial charge in [-0.05, 0) is 19.1 Å². The second-order valence-electron chi connectivity index (χ2n) is 2.82. The van der Waals surface area contributed by atoms with Crippen molar-refractivity contribution in [1.82, 2.24) is 10.3 Å². The van der Waals surface area contributed by atoms with Crippen molar-refractivity contribution in [2.45, 2.75) is 13.0 Å². The van der Waals surface area contributed by atoms with Gasteiger partial charge in [-0.1, -0.05) is 11.6 Å². The lowest BCUT2D eigenvalue weighted by Crippen LogP contribution is -2.27. The largest absolute Gasteiger partial charge is 0.347 e. The number of aromatic nitrogens is 1. The molecular weight excluding hydrogens is 223 g/mol. The van der Waals surface area contributed by atoms with Crippen LogP contribution in [-0.2, 0) is 4.79 Å². The van der Waals surface area contributed by atoms with Crippen molar-refractivity contribution in [3.8, 4) is 0 Å². The number of hydrogen-bond acceptors (Lipinski definition) is 2. The van der Waals surface area contributed by atoms with Crippen LogP contribution >= 0.6 is 23.2 Å². The van der Waals surface area contributed by atoms with Gasteiger partial charge in [0.25, 0.3) is 0 Å². The molecule has 1 amide bonds. The van der Waals surface area contributed by atoms with Crippen molar-refractivity contribution < 1.29 is 4.79 Å². The lowest BCUT2D eigenvalue weighted by molar-refractivity contribution is -0.119. The number of pyridine rings is 1. The third kappa shape index (κ3) is 3.16. The minimum absolute atomic E-state index is 0.0437. The van der Waals surface area contributed by atoms with Crippen LogP contribution in [0.5, 0.6) is 0 Å². The molecule has 1 heterocycles. The molecule has 3 nitrogen and oxygen atoms in total. The predicted molar refractivity (Wildman–Crippen MR) is 56.5 cm³/mol. The van der Waals surface area contributed by atoms with E-state index in [0.29, 0.717) is 5.02 Å². The monoisotopic (exact) mass is 232 g/mol. The smallest absolute Gasteiger partial charge is 0.235 e. The summed E-state index contributed by atoms with van der Waals surface area (Å²) in [6, 6.07) is 3.34. The zero-order valence-electron chi connectivity index (χ0n) is 7.63. The van der Waals surface area contributed by atoms with Crippen LogP contribution in [0, 0.1) is 0 Å². The second-order valence-corrected chi connectivity index (χ2v) is 3.53. The summed E-state index contributed by atoms with van der Waals surface area (Å²) in [7, 11) is 0. The molecule has 0 aliphatic rings. The SMILES string of the molecule is C[C@@H](NC(=O)CCl)c1ccc(Cl)cn1. The van der Waals surface area contributed by atoms with Gasteiger partial charge in [0, 0.05) is 6.20 Å². The van der Waals surface area contributed by atoms with Crippen LogP contribution in [0.15, 0.2) is 18.3 Å². The summed E-state index contributed by atoms with van der Waals surface area (Å²) < 4.78 is 0. The number of hydrogen-bond donors (Lipinski definition) is 1. The molecule has 14 heavy (non-hydrogen) atoms. The van der Waals surface area contributed by atoms with Gasteiger partial charge in [0.15, 0.2) is 0 Å². The molecule has 0 radical (unpaired) electrons. The second kappa shape index (κ2) is 5.17. The minimum Gasteiger partial charge on any atom is -0.347 e. The topological polar surface area (TPSA) is 42.0 Å². The molecule has 0 bridgehead atoms. The van der Waals surface area contributed by atoms with Gasteiger partial charge in [-0.15, -0.1) is 11.6 Å². The van der Waals surface area contributed by atoms with Gasteiger partial charge in [0.05, 0.1) is 16.8 Å². The molecule has 0 unspecified atom stereocenters. The van der Waals surface area contributed by atoms with E-state index in [9.17, 15) is 4.79 Å². The molecule has 0 aliphatic heterocycles. The summed E-state index contributed by atoms with van der Waals surface area (Å²) in [4.78, 5) is 15.0. The first kappa shape index (κ1) is 11.3. The van der Waals surface area contributed by atoms with Crippen molar-refractivity contribution in [1.29, 1.82) is 0 Å². The van der Waals surface area contributed by atoms with E-state index in [-0.39, 0.29) is 17.8 Å². The van der Waals surface area contributed by atoms with Crippen LogP contribution in [0.4, 0.5) is 0 Å². The maximum absolute atomic E-state index is 11.0. The van der Waals surface area contributed by atoms with Gasteiger partial charge >= 0.3 is 0 Å². The number of carbonyl (C=O) groups excluding carboxylic acids is 1. The van der Waals surface area contributed by atoms with Crippen molar-refractivity contribution in [2.24, 2.45) is 0 Å². The summed E-state index contributed by atoms with van der Waals surface area (Å²) >= 11 is 11.0. The van der Waals surface area contributed by atoms with E-state index in [4.69, 9.17) is 23.2 Å². The molecule has 0 aromatic carbocycles. The average molecular weight is 233 g/mol. The molecular formula is C9H10Cl2N2O. The number of alkyl halides is 1. The maximum Gasteiger partial charge on any atom is 0.235 e. The molecule has 0 fully saturated rings. The van der Waals surface area contributed by atoms with Crippen molar-refractivity contribution in [2.75, 3.05) is 5.88 Å². The highest BCUT2D eigenvalue weighted by atomic mass is 35.5. The highest BCUT2D eigenvalue weighted by molar-refractivity contribution is 6.30. The third-order valence-electron chi connectivity index (χ3n) is 1.69. The zero-order valence-corrected chi connectivity index (χ0v) is 9.14. The molecule has 0 saturated heterocycles. The molecule has 1 aromatic heterocycles. The lowest BCUT2D eigenvalue weighted by atomic mass is 10.2. The third-order valence-corrected chi connectivity index (χ3v) is 2.16. The standard InChI is InChI=1S/C9H10Cl2N2O/c1-6(13-9(14)4-10)8-3-2-7(11)5-12-8/h2-3,5-6H,4H2,1H3,(H,13,14)/t6-/m1/s1. The van der Waals surface area contributed by atoms with E-state index < -0.39 is 0 Å². The number of nitrogens with one attached hydrogen (secondary N) is 1. The molecule has 0 aliphatic carbocycles. The summed E-state index contributed by atoms with van der Waals surface area (Å²) in [5, 5.41) is 3.26. The van der Waals surface area contributed by atoms with Crippen molar-refractivity contribution in [3.05, 3.63) is 29.0 Å². The Balaban J connectivity index is 2.65. The molecule has 1 rings (SSSR count). The Labute approximate surface area is 92.4 Å². The van der Waals surface area contributed by atoms with Crippen molar-refractivity contribution in [3.63, 3.8) is 0 Å². The zero-order chi connectivity index (χ0) is 10.6. The van der Waals surface area contributed by atoms with Gasteiger partial charge in [-0.25, -0.2) is 0 Å². The lowest BCUT2D eigenvalue weighted by Gasteiger charge is -2.11. The van der Waals surface area contributed by atoms with Gasteiger partial charge < -0.3 is 5.32 Å². The maximum atomic E-state index is 11.0. The van der Waals surface area contributed by atoms with Crippen LogP contribution in [0.2, 0.25) is 5.02 Å². The van der Waals surface area contributed by atoms with Gasteiger partial charge in [0.1, 0.15) is 5.88 Å². The Bertz CT molecular complexity index is 313. The van der Waals surface area contributed by atoms with Crippen LogP contribution in [0.25, 0.3) is 0 Å². The highest BCUT2D eigenvalue weighted by Gasteiger charge is 2.09. The number of rotatable bonds is 3. The Kier molecular flexibility index (Phi) is 4.17. The van der Waals surface area contributed by atoms with E-state index in [1.54, 1.807) is 18.3 Å². The Morgan fingerprint density at radius 2 is 2.36 bits per heavy atom. The van der Waals surface area contributed by atoms with Gasteiger partial charge in [0.2, 0.25) is 5.91 Å².